The SMILES string of the molecule is O=C(O)COc1c(C(=O)O)sc(-c2cccc(CNc3ccccc3)c2)c1Br. The minimum Gasteiger partial charge on any atom is -0.479 e. The lowest BCUT2D eigenvalue weighted by atomic mass is 10.1. The molecular weight excluding hydrogens is 446 g/mol. The topological polar surface area (TPSA) is 95.9 Å². The van der Waals surface area contributed by atoms with Crippen LogP contribution < -0.4 is 10.1 Å². The van der Waals surface area contributed by atoms with Gasteiger partial charge in [-0.15, -0.1) is 11.3 Å². The van der Waals surface area contributed by atoms with Crippen LogP contribution >= 0.6 is 27.3 Å². The second-order valence-corrected chi connectivity index (χ2v) is 7.62. The standard InChI is InChI=1S/C20H16BrNO5S/c21-16-17(27-11-15(23)24)19(20(25)26)28-18(16)13-6-4-5-12(9-13)10-22-14-7-2-1-3-8-14/h1-9,22H,10-11H2,(H,23,24)(H,25,26). The van der Waals surface area contributed by atoms with E-state index in [9.17, 15) is 14.7 Å². The molecule has 28 heavy (non-hydrogen) atoms. The zero-order valence-electron chi connectivity index (χ0n) is 14.5. The smallest absolute Gasteiger partial charge is 0.349 e. The van der Waals surface area contributed by atoms with E-state index in [1.54, 1.807) is 0 Å². The molecule has 0 fully saturated rings. The van der Waals surface area contributed by atoms with Crippen molar-refractivity contribution in [1.29, 1.82) is 0 Å². The second kappa shape index (κ2) is 8.90. The number of aromatic carboxylic acids is 1. The number of hydrogen-bond acceptors (Lipinski definition) is 5. The van der Waals surface area contributed by atoms with Crippen LogP contribution in [0.2, 0.25) is 0 Å². The van der Waals surface area contributed by atoms with Crippen molar-refractivity contribution in [3.8, 4) is 16.2 Å². The largest absolute Gasteiger partial charge is 0.479 e. The third kappa shape index (κ3) is 4.71. The molecule has 3 aromatic rings. The lowest BCUT2D eigenvalue weighted by Gasteiger charge is -2.08. The number of halogens is 1. The number of thiophene rings is 1. The molecule has 0 radical (unpaired) electrons. The predicted octanol–water partition coefficient (Wildman–Crippen LogP) is 4.95. The maximum atomic E-state index is 11.5. The molecule has 2 aromatic carbocycles. The Morgan fingerprint density at radius 1 is 1.07 bits per heavy atom. The Labute approximate surface area is 173 Å². The van der Waals surface area contributed by atoms with Gasteiger partial charge in [0.05, 0.1) is 9.35 Å². The first kappa shape index (κ1) is 19.9. The van der Waals surface area contributed by atoms with Crippen molar-refractivity contribution < 1.29 is 24.5 Å². The predicted molar refractivity (Wildman–Crippen MR) is 111 cm³/mol. The number of nitrogens with one attached hydrogen (secondary N) is 1. The van der Waals surface area contributed by atoms with E-state index in [2.05, 4.69) is 21.2 Å². The highest BCUT2D eigenvalue weighted by Crippen LogP contribution is 2.45. The van der Waals surface area contributed by atoms with Crippen molar-refractivity contribution in [1.82, 2.24) is 0 Å². The lowest BCUT2D eigenvalue weighted by Crippen LogP contribution is -2.11. The molecule has 8 heteroatoms. The molecule has 3 rings (SSSR count). The molecule has 0 atom stereocenters. The molecule has 0 spiro atoms. The molecule has 0 saturated heterocycles. The van der Waals surface area contributed by atoms with Crippen molar-refractivity contribution in [2.45, 2.75) is 6.54 Å². The highest BCUT2D eigenvalue weighted by atomic mass is 79.9. The molecule has 3 N–H and O–H groups in total. The highest BCUT2D eigenvalue weighted by Gasteiger charge is 2.24. The van der Waals surface area contributed by atoms with Crippen LogP contribution in [0.25, 0.3) is 10.4 Å². The molecule has 6 nitrogen and oxygen atoms in total. The third-order valence-electron chi connectivity index (χ3n) is 3.80. The summed E-state index contributed by atoms with van der Waals surface area (Å²) in [5.41, 5.74) is 2.84. The van der Waals surface area contributed by atoms with Crippen LogP contribution in [0, 0.1) is 0 Å². The second-order valence-electron chi connectivity index (χ2n) is 5.81. The van der Waals surface area contributed by atoms with Gasteiger partial charge in [0.15, 0.2) is 17.2 Å². The van der Waals surface area contributed by atoms with Gasteiger partial charge in [-0.3, -0.25) is 0 Å². The molecule has 0 aliphatic rings. The normalized spacial score (nSPS) is 10.5. The van der Waals surface area contributed by atoms with Gasteiger partial charge in [0.25, 0.3) is 0 Å². The van der Waals surface area contributed by atoms with E-state index in [0.717, 1.165) is 28.2 Å². The Morgan fingerprint density at radius 3 is 2.50 bits per heavy atom. The minimum atomic E-state index is -1.18. The maximum Gasteiger partial charge on any atom is 0.349 e. The van der Waals surface area contributed by atoms with Crippen LogP contribution in [-0.4, -0.2) is 28.8 Å². The van der Waals surface area contributed by atoms with Gasteiger partial charge in [0, 0.05) is 12.2 Å². The van der Waals surface area contributed by atoms with Crippen molar-refractivity contribution in [2.24, 2.45) is 0 Å². The van der Waals surface area contributed by atoms with Crippen LogP contribution in [0.4, 0.5) is 5.69 Å². The third-order valence-corrected chi connectivity index (χ3v) is 6.03. The summed E-state index contributed by atoms with van der Waals surface area (Å²) in [7, 11) is 0. The summed E-state index contributed by atoms with van der Waals surface area (Å²) in [6.45, 7) is -0.00883. The van der Waals surface area contributed by atoms with E-state index in [-0.39, 0.29) is 10.6 Å². The Bertz CT molecular complexity index is 1000. The minimum absolute atomic E-state index is 0.0303. The lowest BCUT2D eigenvalue weighted by molar-refractivity contribution is -0.139. The van der Waals surface area contributed by atoms with Crippen molar-refractivity contribution in [3.63, 3.8) is 0 Å². The molecule has 1 heterocycles. The molecule has 0 aliphatic heterocycles. The Balaban J connectivity index is 1.87. The summed E-state index contributed by atoms with van der Waals surface area (Å²) in [6.07, 6.45) is 0. The molecular formula is C20H16BrNO5S. The van der Waals surface area contributed by atoms with Gasteiger partial charge in [0.1, 0.15) is 0 Å². The summed E-state index contributed by atoms with van der Waals surface area (Å²) in [4.78, 5) is 22.9. The molecule has 0 aliphatic carbocycles. The Kier molecular flexibility index (Phi) is 6.33. The number of carbonyl (C=O) groups is 2. The summed E-state index contributed by atoms with van der Waals surface area (Å²) in [5, 5.41) is 21.6. The molecule has 0 amide bonds. The van der Waals surface area contributed by atoms with E-state index < -0.39 is 18.5 Å². The van der Waals surface area contributed by atoms with E-state index in [4.69, 9.17) is 9.84 Å². The average Bonchev–Trinajstić information content (AvgIpc) is 3.02. The van der Waals surface area contributed by atoms with Gasteiger partial charge in [-0.1, -0.05) is 36.4 Å². The van der Waals surface area contributed by atoms with Gasteiger partial charge >= 0.3 is 11.9 Å². The van der Waals surface area contributed by atoms with Gasteiger partial charge in [0.2, 0.25) is 0 Å². The quantitative estimate of drug-likeness (QED) is 0.439. The van der Waals surface area contributed by atoms with Gasteiger partial charge in [-0.2, -0.15) is 0 Å². The summed E-state index contributed by atoms with van der Waals surface area (Å²) >= 11 is 4.41. The molecule has 0 bridgehead atoms. The van der Waals surface area contributed by atoms with Crippen molar-refractivity contribution in [3.05, 3.63) is 69.5 Å². The number of aliphatic carboxylic acids is 1. The summed E-state index contributed by atoms with van der Waals surface area (Å²) < 4.78 is 5.63. The van der Waals surface area contributed by atoms with E-state index >= 15 is 0 Å². The fourth-order valence-electron chi connectivity index (χ4n) is 2.57. The monoisotopic (exact) mass is 461 g/mol. The van der Waals surface area contributed by atoms with Crippen LogP contribution in [0.1, 0.15) is 15.2 Å². The van der Waals surface area contributed by atoms with Crippen LogP contribution in [0.3, 0.4) is 0 Å². The molecule has 0 saturated carbocycles. The summed E-state index contributed by atoms with van der Waals surface area (Å²) in [6, 6.07) is 17.5. The van der Waals surface area contributed by atoms with E-state index in [1.165, 1.54) is 0 Å². The zero-order chi connectivity index (χ0) is 20.1. The number of benzene rings is 2. The van der Waals surface area contributed by atoms with Gasteiger partial charge < -0.3 is 20.3 Å². The van der Waals surface area contributed by atoms with Crippen LogP contribution in [-0.2, 0) is 11.3 Å². The first-order valence-corrected chi connectivity index (χ1v) is 9.85. The number of para-hydroxylation sites is 1. The van der Waals surface area contributed by atoms with Crippen LogP contribution in [0.5, 0.6) is 5.75 Å². The fourth-order valence-corrected chi connectivity index (χ4v) is 4.46. The number of carboxylic acid groups (broad SMARTS) is 2. The molecule has 1 aromatic heterocycles. The average molecular weight is 462 g/mol. The molecule has 0 unspecified atom stereocenters. The first-order valence-electron chi connectivity index (χ1n) is 8.24. The molecule has 144 valence electrons. The van der Waals surface area contributed by atoms with Crippen molar-refractivity contribution >= 4 is 44.9 Å². The number of carboxylic acids is 2. The highest BCUT2D eigenvalue weighted by molar-refractivity contribution is 9.10. The number of anilines is 1. The Hall–Kier alpha value is -2.84. The van der Waals surface area contributed by atoms with Crippen LogP contribution in [0.15, 0.2) is 59.1 Å². The number of hydrogen-bond donors (Lipinski definition) is 3. The summed E-state index contributed by atoms with van der Waals surface area (Å²) in [5.74, 6) is -2.31. The number of rotatable bonds is 8. The van der Waals surface area contributed by atoms with Gasteiger partial charge in [-0.05, 0) is 45.3 Å². The number of ether oxygens (including phenoxy) is 1. The van der Waals surface area contributed by atoms with E-state index in [1.807, 2.05) is 54.6 Å². The zero-order valence-corrected chi connectivity index (χ0v) is 16.9. The van der Waals surface area contributed by atoms with E-state index in [0.29, 0.717) is 15.9 Å². The first-order chi connectivity index (χ1) is 13.5. The van der Waals surface area contributed by atoms with Crippen molar-refractivity contribution in [2.75, 3.05) is 11.9 Å². The maximum absolute atomic E-state index is 11.5. The fraction of sp³-hybridized carbons (Fsp3) is 0.100. The van der Waals surface area contributed by atoms with Gasteiger partial charge in [-0.25, -0.2) is 9.59 Å². The Morgan fingerprint density at radius 2 is 1.82 bits per heavy atom.